The van der Waals surface area contributed by atoms with Gasteiger partial charge in [-0.1, -0.05) is 18.5 Å². The quantitative estimate of drug-likeness (QED) is 0.464. The molecule has 4 heterocycles. The highest BCUT2D eigenvalue weighted by Gasteiger charge is 2.19. The summed E-state index contributed by atoms with van der Waals surface area (Å²) in [4.78, 5) is 24.3. The van der Waals surface area contributed by atoms with Crippen molar-refractivity contribution >= 4 is 40.0 Å². The van der Waals surface area contributed by atoms with Crippen LogP contribution in [0.5, 0.6) is 0 Å². The van der Waals surface area contributed by atoms with Gasteiger partial charge in [0.15, 0.2) is 5.82 Å². The van der Waals surface area contributed by atoms with Crippen LogP contribution in [-0.4, -0.2) is 32.2 Å². The Hall–Kier alpha value is -3.32. The van der Waals surface area contributed by atoms with Gasteiger partial charge in [0, 0.05) is 61.8 Å². The first-order valence-electron chi connectivity index (χ1n) is 11.2. The van der Waals surface area contributed by atoms with Gasteiger partial charge in [0.25, 0.3) is 5.56 Å². The van der Waals surface area contributed by atoms with E-state index in [0.29, 0.717) is 22.4 Å². The Morgan fingerprint density at radius 3 is 2.64 bits per heavy atom. The van der Waals surface area contributed by atoms with Crippen molar-refractivity contribution < 1.29 is 0 Å². The molecule has 0 aliphatic carbocycles. The third-order valence-electron chi connectivity index (χ3n) is 6.43. The predicted molar refractivity (Wildman–Crippen MR) is 135 cm³/mol. The van der Waals surface area contributed by atoms with E-state index in [-0.39, 0.29) is 5.56 Å². The summed E-state index contributed by atoms with van der Waals surface area (Å²) in [6, 6.07) is 9.79. The fourth-order valence-corrected chi connectivity index (χ4v) is 4.51. The fourth-order valence-electron chi connectivity index (χ4n) is 4.37. The molecule has 33 heavy (non-hydrogen) atoms. The second-order valence-corrected chi connectivity index (χ2v) is 9.33. The topological polar surface area (TPSA) is 68.0 Å². The molecular formula is C25H27ClN6O. The second-order valence-electron chi connectivity index (χ2n) is 8.92. The number of aromatic nitrogens is 4. The molecule has 0 spiro atoms. The van der Waals surface area contributed by atoms with Crippen molar-refractivity contribution in [3.8, 4) is 11.1 Å². The smallest absolute Gasteiger partial charge is 0.258 e. The Labute approximate surface area is 197 Å². The summed E-state index contributed by atoms with van der Waals surface area (Å²) in [6.45, 7) is 4.19. The Morgan fingerprint density at radius 2 is 1.91 bits per heavy atom. The van der Waals surface area contributed by atoms with E-state index in [1.165, 1.54) is 0 Å². The van der Waals surface area contributed by atoms with Gasteiger partial charge >= 0.3 is 0 Å². The van der Waals surface area contributed by atoms with Crippen molar-refractivity contribution in [1.82, 2.24) is 19.1 Å². The molecule has 1 N–H and O–H groups in total. The summed E-state index contributed by atoms with van der Waals surface area (Å²) in [6.07, 6.45) is 7.83. The summed E-state index contributed by atoms with van der Waals surface area (Å²) < 4.78 is 3.63. The number of halogens is 1. The third kappa shape index (κ3) is 4.20. The van der Waals surface area contributed by atoms with Crippen molar-refractivity contribution in [2.45, 2.75) is 19.8 Å². The molecule has 170 valence electrons. The van der Waals surface area contributed by atoms with Crippen molar-refractivity contribution in [1.29, 1.82) is 0 Å². The monoisotopic (exact) mass is 462 g/mol. The summed E-state index contributed by atoms with van der Waals surface area (Å²) in [5, 5.41) is 4.77. The van der Waals surface area contributed by atoms with Crippen molar-refractivity contribution in [2.24, 2.45) is 20.0 Å². The van der Waals surface area contributed by atoms with E-state index in [9.17, 15) is 4.79 Å². The maximum Gasteiger partial charge on any atom is 0.258 e. The van der Waals surface area contributed by atoms with Crippen molar-refractivity contribution in [3.05, 3.63) is 64.3 Å². The van der Waals surface area contributed by atoms with Gasteiger partial charge in [0.1, 0.15) is 5.02 Å². The van der Waals surface area contributed by atoms with Crippen LogP contribution in [0.3, 0.4) is 0 Å². The number of hydrogen-bond acceptors (Lipinski definition) is 5. The third-order valence-corrected chi connectivity index (χ3v) is 6.70. The van der Waals surface area contributed by atoms with Crippen LogP contribution in [0.25, 0.3) is 22.0 Å². The van der Waals surface area contributed by atoms with Gasteiger partial charge in [-0.05, 0) is 49.1 Å². The molecule has 1 aromatic carbocycles. The highest BCUT2D eigenvalue weighted by atomic mass is 35.5. The molecule has 1 fully saturated rings. The number of nitrogens with zero attached hydrogens (tertiary/aromatic N) is 5. The highest BCUT2D eigenvalue weighted by Crippen LogP contribution is 2.29. The number of benzene rings is 1. The number of nitrogens with one attached hydrogen (secondary N) is 1. The van der Waals surface area contributed by atoms with E-state index in [4.69, 9.17) is 16.6 Å². The summed E-state index contributed by atoms with van der Waals surface area (Å²) >= 11 is 6.43. The molecule has 1 aliphatic heterocycles. The zero-order valence-electron chi connectivity index (χ0n) is 19.0. The molecule has 0 saturated carbocycles. The highest BCUT2D eigenvalue weighted by molar-refractivity contribution is 6.32. The molecule has 0 amide bonds. The van der Waals surface area contributed by atoms with E-state index < -0.39 is 0 Å². The number of rotatable bonds is 4. The van der Waals surface area contributed by atoms with Crippen LogP contribution in [-0.2, 0) is 14.1 Å². The minimum Gasteiger partial charge on any atom is -0.357 e. The van der Waals surface area contributed by atoms with E-state index in [1.807, 2.05) is 54.3 Å². The SMILES string of the molecule is CC1CCN(c2ncc(Cl)c(Nc3ccc4c(c3)cc(-c3ccn(C)c3)c(=O)n4C)n2)CC1. The fraction of sp³-hybridized carbons (Fsp3) is 0.320. The van der Waals surface area contributed by atoms with Crippen LogP contribution in [0, 0.1) is 5.92 Å². The average Bonchev–Trinajstić information content (AvgIpc) is 3.24. The average molecular weight is 463 g/mol. The minimum absolute atomic E-state index is 0.0197. The Kier molecular flexibility index (Phi) is 5.58. The minimum atomic E-state index is -0.0197. The first-order chi connectivity index (χ1) is 15.9. The number of pyridine rings is 1. The Balaban J connectivity index is 1.49. The van der Waals surface area contributed by atoms with Crippen LogP contribution in [0.1, 0.15) is 19.8 Å². The van der Waals surface area contributed by atoms with Crippen LogP contribution >= 0.6 is 11.6 Å². The van der Waals surface area contributed by atoms with Gasteiger partial charge in [0.05, 0.1) is 11.7 Å². The second kappa shape index (κ2) is 8.56. The van der Waals surface area contributed by atoms with Crippen molar-refractivity contribution in [3.63, 3.8) is 0 Å². The number of fused-ring (bicyclic) bond motifs is 1. The zero-order chi connectivity index (χ0) is 23.1. The van der Waals surface area contributed by atoms with Gasteiger partial charge in [-0.25, -0.2) is 4.98 Å². The lowest BCUT2D eigenvalue weighted by Crippen LogP contribution is -2.34. The maximum absolute atomic E-state index is 12.9. The molecule has 0 radical (unpaired) electrons. The first-order valence-corrected chi connectivity index (χ1v) is 11.6. The maximum atomic E-state index is 12.9. The lowest BCUT2D eigenvalue weighted by Gasteiger charge is -2.30. The van der Waals surface area contributed by atoms with Crippen LogP contribution < -0.4 is 15.8 Å². The molecule has 0 atom stereocenters. The lowest BCUT2D eigenvalue weighted by molar-refractivity contribution is 0.434. The van der Waals surface area contributed by atoms with Crippen molar-refractivity contribution in [2.75, 3.05) is 23.3 Å². The Morgan fingerprint density at radius 1 is 1.12 bits per heavy atom. The lowest BCUT2D eigenvalue weighted by atomic mass is 10.00. The Bertz CT molecular complexity index is 1380. The normalized spacial score (nSPS) is 14.7. The molecule has 1 aliphatic rings. The van der Waals surface area contributed by atoms with Gasteiger partial charge in [-0.2, -0.15) is 4.98 Å². The summed E-state index contributed by atoms with van der Waals surface area (Å²) in [5.41, 5.74) is 3.26. The van der Waals surface area contributed by atoms with Gasteiger partial charge < -0.3 is 19.4 Å². The van der Waals surface area contributed by atoms with Crippen LogP contribution in [0.2, 0.25) is 5.02 Å². The molecule has 3 aromatic heterocycles. The molecule has 1 saturated heterocycles. The molecule has 7 nitrogen and oxygen atoms in total. The molecule has 0 bridgehead atoms. The first kappa shape index (κ1) is 21.5. The van der Waals surface area contributed by atoms with Gasteiger partial charge in [0.2, 0.25) is 5.95 Å². The largest absolute Gasteiger partial charge is 0.357 e. The van der Waals surface area contributed by atoms with E-state index >= 15 is 0 Å². The zero-order valence-corrected chi connectivity index (χ0v) is 19.8. The number of piperidine rings is 1. The standard InChI is InChI=1S/C25H27ClN6O/c1-16-6-10-32(11-7-16)25-27-14-21(26)23(29-25)28-19-4-5-22-18(12-19)13-20(24(33)31(22)3)17-8-9-30(2)15-17/h4-5,8-9,12-16H,6-7,10-11H2,1-3H3,(H,27,28,29). The number of anilines is 3. The molecule has 5 rings (SSSR count). The van der Waals surface area contributed by atoms with E-state index in [0.717, 1.165) is 54.0 Å². The molecule has 4 aromatic rings. The number of hydrogen-bond donors (Lipinski definition) is 1. The summed E-state index contributed by atoms with van der Waals surface area (Å²) in [5.74, 6) is 2.01. The predicted octanol–water partition coefficient (Wildman–Crippen LogP) is 4.97. The van der Waals surface area contributed by atoms with Gasteiger partial charge in [-0.3, -0.25) is 4.79 Å². The van der Waals surface area contributed by atoms with Crippen LogP contribution in [0.15, 0.2) is 53.7 Å². The van der Waals surface area contributed by atoms with Crippen LogP contribution in [0.4, 0.5) is 17.5 Å². The number of aryl methyl sites for hydroxylation is 2. The molecular weight excluding hydrogens is 436 g/mol. The summed E-state index contributed by atoms with van der Waals surface area (Å²) in [7, 11) is 3.75. The molecule has 0 unspecified atom stereocenters. The van der Waals surface area contributed by atoms with E-state index in [2.05, 4.69) is 22.1 Å². The molecule has 8 heteroatoms. The van der Waals surface area contributed by atoms with Gasteiger partial charge in [-0.15, -0.1) is 0 Å². The van der Waals surface area contributed by atoms with E-state index in [1.54, 1.807) is 17.8 Å².